The summed E-state index contributed by atoms with van der Waals surface area (Å²) in [5, 5.41) is 3.46. The summed E-state index contributed by atoms with van der Waals surface area (Å²) in [6, 6.07) is 0.741. The van der Waals surface area contributed by atoms with E-state index in [1.807, 2.05) is 11.8 Å². The summed E-state index contributed by atoms with van der Waals surface area (Å²) in [6.45, 7) is 5.51. The van der Waals surface area contributed by atoms with E-state index >= 15 is 0 Å². The molecule has 0 fully saturated rings. The third-order valence-corrected chi connectivity index (χ3v) is 2.23. The van der Waals surface area contributed by atoms with E-state index in [2.05, 4.69) is 25.4 Å². The summed E-state index contributed by atoms with van der Waals surface area (Å²) in [5.41, 5.74) is 0. The van der Waals surface area contributed by atoms with Crippen LogP contribution in [-0.2, 0) is 0 Å². The zero-order valence-electron chi connectivity index (χ0n) is 7.31. The SMILES string of the molecule is CCCC(CSC)NCC. The van der Waals surface area contributed by atoms with Gasteiger partial charge in [-0.05, 0) is 19.2 Å². The monoisotopic (exact) mass is 161 g/mol. The molecule has 1 nitrogen and oxygen atoms in total. The lowest BCUT2D eigenvalue weighted by molar-refractivity contribution is 0.531. The average Bonchev–Trinajstić information content (AvgIpc) is 1.90. The molecule has 0 aromatic heterocycles. The van der Waals surface area contributed by atoms with Gasteiger partial charge in [-0.25, -0.2) is 0 Å². The molecule has 0 aliphatic heterocycles. The average molecular weight is 161 g/mol. The molecule has 0 radical (unpaired) electrons. The summed E-state index contributed by atoms with van der Waals surface area (Å²) in [7, 11) is 0. The summed E-state index contributed by atoms with van der Waals surface area (Å²) in [5.74, 6) is 1.25. The van der Waals surface area contributed by atoms with Gasteiger partial charge in [0, 0.05) is 11.8 Å². The molecule has 0 saturated heterocycles. The van der Waals surface area contributed by atoms with Crippen molar-refractivity contribution in [3.8, 4) is 0 Å². The molecule has 0 aliphatic carbocycles. The molecular weight excluding hydrogens is 142 g/mol. The van der Waals surface area contributed by atoms with Gasteiger partial charge in [-0.3, -0.25) is 0 Å². The molecule has 0 aliphatic rings. The Kier molecular flexibility index (Phi) is 7.65. The van der Waals surface area contributed by atoms with Crippen LogP contribution in [0, 0.1) is 0 Å². The number of thioether (sulfide) groups is 1. The van der Waals surface area contributed by atoms with Gasteiger partial charge in [0.25, 0.3) is 0 Å². The van der Waals surface area contributed by atoms with Crippen molar-refractivity contribution in [3.63, 3.8) is 0 Å². The van der Waals surface area contributed by atoms with Crippen molar-refractivity contribution in [1.82, 2.24) is 5.32 Å². The second kappa shape index (κ2) is 7.42. The molecule has 0 heterocycles. The Morgan fingerprint density at radius 1 is 1.40 bits per heavy atom. The third-order valence-electron chi connectivity index (χ3n) is 1.50. The highest BCUT2D eigenvalue weighted by Crippen LogP contribution is 2.03. The molecule has 1 unspecified atom stereocenters. The molecule has 1 atom stereocenters. The summed E-state index contributed by atoms with van der Waals surface area (Å²) in [4.78, 5) is 0. The van der Waals surface area contributed by atoms with Crippen molar-refractivity contribution in [1.29, 1.82) is 0 Å². The van der Waals surface area contributed by atoms with E-state index in [4.69, 9.17) is 0 Å². The molecule has 62 valence electrons. The van der Waals surface area contributed by atoms with Gasteiger partial charge < -0.3 is 5.32 Å². The van der Waals surface area contributed by atoms with E-state index in [-0.39, 0.29) is 0 Å². The van der Waals surface area contributed by atoms with Gasteiger partial charge in [0.05, 0.1) is 0 Å². The first kappa shape index (κ1) is 10.3. The number of hydrogen-bond donors (Lipinski definition) is 1. The summed E-state index contributed by atoms with van der Waals surface area (Å²) >= 11 is 1.93. The molecule has 0 spiro atoms. The Labute approximate surface area is 69.0 Å². The van der Waals surface area contributed by atoms with Crippen LogP contribution in [-0.4, -0.2) is 24.6 Å². The molecule has 10 heavy (non-hydrogen) atoms. The maximum Gasteiger partial charge on any atom is 0.0157 e. The maximum atomic E-state index is 3.46. The molecule has 2 heteroatoms. The minimum absolute atomic E-state index is 0.741. The standard InChI is InChI=1S/C8H19NS/c1-4-6-8(7-10-3)9-5-2/h8-9H,4-7H2,1-3H3. The van der Waals surface area contributed by atoms with Gasteiger partial charge in [-0.2, -0.15) is 11.8 Å². The number of hydrogen-bond acceptors (Lipinski definition) is 2. The fourth-order valence-electron chi connectivity index (χ4n) is 1.08. The van der Waals surface area contributed by atoms with Crippen LogP contribution >= 0.6 is 11.8 Å². The highest BCUT2D eigenvalue weighted by Gasteiger charge is 2.02. The van der Waals surface area contributed by atoms with Crippen LogP contribution < -0.4 is 5.32 Å². The smallest absolute Gasteiger partial charge is 0.0157 e. The summed E-state index contributed by atoms with van der Waals surface area (Å²) in [6.07, 6.45) is 4.77. The molecule has 0 saturated carbocycles. The first-order valence-corrected chi connectivity index (χ1v) is 5.46. The van der Waals surface area contributed by atoms with Gasteiger partial charge in [0.1, 0.15) is 0 Å². The quantitative estimate of drug-likeness (QED) is 0.640. The number of nitrogens with one attached hydrogen (secondary N) is 1. The highest BCUT2D eigenvalue weighted by atomic mass is 32.2. The van der Waals surface area contributed by atoms with Crippen molar-refractivity contribution >= 4 is 11.8 Å². The van der Waals surface area contributed by atoms with Crippen molar-refractivity contribution in [2.45, 2.75) is 32.7 Å². The molecule has 0 aromatic carbocycles. The third kappa shape index (κ3) is 5.12. The Bertz CT molecular complexity index is 52.0. The second-order valence-corrected chi connectivity index (χ2v) is 3.41. The molecule has 0 aromatic rings. The van der Waals surface area contributed by atoms with E-state index in [0.717, 1.165) is 12.6 Å². The molecule has 1 N–H and O–H groups in total. The van der Waals surface area contributed by atoms with Gasteiger partial charge in [0.2, 0.25) is 0 Å². The van der Waals surface area contributed by atoms with Crippen LogP contribution in [0.2, 0.25) is 0 Å². The van der Waals surface area contributed by atoms with E-state index in [9.17, 15) is 0 Å². The van der Waals surface area contributed by atoms with Crippen LogP contribution in [0.3, 0.4) is 0 Å². The topological polar surface area (TPSA) is 12.0 Å². The number of rotatable bonds is 6. The van der Waals surface area contributed by atoms with Gasteiger partial charge >= 0.3 is 0 Å². The largest absolute Gasteiger partial charge is 0.313 e. The lowest BCUT2D eigenvalue weighted by Gasteiger charge is -2.14. The fourth-order valence-corrected chi connectivity index (χ4v) is 1.77. The predicted octanol–water partition coefficient (Wildman–Crippen LogP) is 2.13. The normalized spacial score (nSPS) is 13.5. The molecule has 0 rings (SSSR count). The minimum Gasteiger partial charge on any atom is -0.313 e. The minimum atomic E-state index is 0.741. The molecule has 0 amide bonds. The van der Waals surface area contributed by atoms with Crippen molar-refractivity contribution in [3.05, 3.63) is 0 Å². The molecule has 0 bridgehead atoms. The Balaban J connectivity index is 3.30. The zero-order valence-corrected chi connectivity index (χ0v) is 8.13. The van der Waals surface area contributed by atoms with E-state index in [0.29, 0.717) is 0 Å². The lowest BCUT2D eigenvalue weighted by atomic mass is 10.2. The summed E-state index contributed by atoms with van der Waals surface area (Å²) < 4.78 is 0. The second-order valence-electron chi connectivity index (χ2n) is 2.50. The zero-order chi connectivity index (χ0) is 7.82. The maximum absolute atomic E-state index is 3.46. The van der Waals surface area contributed by atoms with Gasteiger partial charge in [0.15, 0.2) is 0 Å². The lowest BCUT2D eigenvalue weighted by Crippen LogP contribution is -2.30. The Morgan fingerprint density at radius 3 is 2.50 bits per heavy atom. The van der Waals surface area contributed by atoms with E-state index < -0.39 is 0 Å². The highest BCUT2D eigenvalue weighted by molar-refractivity contribution is 7.98. The Morgan fingerprint density at radius 2 is 2.10 bits per heavy atom. The van der Waals surface area contributed by atoms with Crippen LogP contribution in [0.4, 0.5) is 0 Å². The van der Waals surface area contributed by atoms with Gasteiger partial charge in [-0.15, -0.1) is 0 Å². The first-order chi connectivity index (χ1) is 4.85. The molecular formula is C8H19NS. The van der Waals surface area contributed by atoms with Crippen LogP contribution in [0.5, 0.6) is 0 Å². The van der Waals surface area contributed by atoms with Crippen molar-refractivity contribution in [2.24, 2.45) is 0 Å². The predicted molar refractivity (Wildman–Crippen MR) is 50.8 cm³/mol. The first-order valence-electron chi connectivity index (χ1n) is 4.07. The van der Waals surface area contributed by atoms with Crippen molar-refractivity contribution < 1.29 is 0 Å². The fraction of sp³-hybridized carbons (Fsp3) is 1.00. The van der Waals surface area contributed by atoms with Crippen LogP contribution in [0.25, 0.3) is 0 Å². The van der Waals surface area contributed by atoms with E-state index in [1.165, 1.54) is 18.6 Å². The van der Waals surface area contributed by atoms with Gasteiger partial charge in [-0.1, -0.05) is 20.3 Å². The van der Waals surface area contributed by atoms with E-state index in [1.54, 1.807) is 0 Å². The van der Waals surface area contributed by atoms with Crippen LogP contribution in [0.1, 0.15) is 26.7 Å². The van der Waals surface area contributed by atoms with Crippen molar-refractivity contribution in [2.75, 3.05) is 18.6 Å². The Hall–Kier alpha value is 0.310. The van der Waals surface area contributed by atoms with Crippen LogP contribution in [0.15, 0.2) is 0 Å².